The van der Waals surface area contributed by atoms with Gasteiger partial charge in [-0.3, -0.25) is 4.79 Å². The first-order valence-corrected chi connectivity index (χ1v) is 2.68. The van der Waals surface area contributed by atoms with Gasteiger partial charge in [-0.1, -0.05) is 6.58 Å². The van der Waals surface area contributed by atoms with E-state index in [0.29, 0.717) is 6.29 Å². The first-order chi connectivity index (χ1) is 4.72. The van der Waals surface area contributed by atoms with E-state index in [1.165, 1.54) is 6.08 Å². The van der Waals surface area contributed by atoms with Gasteiger partial charge in [0.25, 0.3) is 0 Å². The lowest BCUT2D eigenvalue weighted by atomic mass is 10.4. The van der Waals surface area contributed by atoms with Crippen molar-refractivity contribution in [3.63, 3.8) is 0 Å². The van der Waals surface area contributed by atoms with Gasteiger partial charge in [-0.2, -0.15) is 0 Å². The molecule has 0 saturated carbocycles. The molecular weight excluding hydrogens is 136 g/mol. The quantitative estimate of drug-likeness (QED) is 0.343. The monoisotopic (exact) mass is 148 g/mol. The maximum Gasteiger partial charge on any atom is 0.142 e. The molecule has 0 radical (unpaired) electrons. The molecule has 0 unspecified atom stereocenters. The Labute approximate surface area is 59.4 Å². The molecule has 4 heteroatoms. The Balaban J connectivity index is 0. The van der Waals surface area contributed by atoms with Crippen molar-refractivity contribution in [2.75, 3.05) is 13.2 Å². The lowest BCUT2D eigenvalue weighted by Gasteiger charge is -1.96. The molecule has 4 nitrogen and oxygen atoms in total. The van der Waals surface area contributed by atoms with Crippen LogP contribution in [0.15, 0.2) is 12.7 Å². The number of aldehydes is 1. The van der Waals surface area contributed by atoms with E-state index in [1.54, 1.807) is 0 Å². The molecule has 0 aliphatic carbocycles. The second-order valence-corrected chi connectivity index (χ2v) is 1.39. The van der Waals surface area contributed by atoms with Crippen molar-refractivity contribution < 1.29 is 20.1 Å². The van der Waals surface area contributed by atoms with E-state index in [0.717, 1.165) is 0 Å². The van der Waals surface area contributed by atoms with Gasteiger partial charge in [0.1, 0.15) is 12.4 Å². The van der Waals surface area contributed by atoms with Gasteiger partial charge in [0.05, 0.1) is 13.2 Å². The van der Waals surface area contributed by atoms with Crippen molar-refractivity contribution in [2.24, 2.45) is 0 Å². The van der Waals surface area contributed by atoms with E-state index in [2.05, 4.69) is 6.58 Å². The zero-order chi connectivity index (χ0) is 8.41. The zero-order valence-corrected chi connectivity index (χ0v) is 5.60. The number of allylic oxidation sites excluding steroid dienone is 1. The Morgan fingerprint density at radius 1 is 1.40 bits per heavy atom. The Morgan fingerprint density at radius 3 is 1.70 bits per heavy atom. The standard InChI is InChI=1S/C3H8O3.C3H4O/c4-1-3(6)2-5;1-2-3-4/h3-6H,1-2H2;2-3H,1H2. The van der Waals surface area contributed by atoms with Gasteiger partial charge < -0.3 is 15.3 Å². The molecule has 0 bridgehead atoms. The number of aliphatic hydroxyl groups excluding tert-OH is 3. The summed E-state index contributed by atoms with van der Waals surface area (Å²) < 4.78 is 0. The summed E-state index contributed by atoms with van der Waals surface area (Å²) in [6, 6.07) is 0. The summed E-state index contributed by atoms with van der Waals surface area (Å²) in [6.45, 7) is 2.38. The van der Waals surface area contributed by atoms with Crippen LogP contribution in [-0.4, -0.2) is 40.9 Å². The number of rotatable bonds is 3. The van der Waals surface area contributed by atoms with Crippen molar-refractivity contribution in [1.29, 1.82) is 0 Å². The summed E-state index contributed by atoms with van der Waals surface area (Å²) in [7, 11) is 0. The summed E-state index contributed by atoms with van der Waals surface area (Å²) in [5, 5.41) is 24.0. The molecule has 10 heavy (non-hydrogen) atoms. The van der Waals surface area contributed by atoms with Gasteiger partial charge in [0, 0.05) is 0 Å². The average molecular weight is 148 g/mol. The van der Waals surface area contributed by atoms with Crippen molar-refractivity contribution in [3.05, 3.63) is 12.7 Å². The maximum atomic E-state index is 9.06. The lowest BCUT2D eigenvalue weighted by molar-refractivity contribution is -0.104. The van der Waals surface area contributed by atoms with Crippen LogP contribution in [0.4, 0.5) is 0 Å². The molecule has 0 atom stereocenters. The van der Waals surface area contributed by atoms with Gasteiger partial charge >= 0.3 is 0 Å². The van der Waals surface area contributed by atoms with Crippen LogP contribution in [0.3, 0.4) is 0 Å². The predicted molar refractivity (Wildman–Crippen MR) is 36.4 cm³/mol. The normalized spacial score (nSPS) is 8.00. The Morgan fingerprint density at radius 2 is 1.70 bits per heavy atom. The molecule has 0 fully saturated rings. The first-order valence-electron chi connectivity index (χ1n) is 2.68. The van der Waals surface area contributed by atoms with Crippen LogP contribution in [0.25, 0.3) is 0 Å². The van der Waals surface area contributed by atoms with Gasteiger partial charge in [-0.15, -0.1) is 0 Å². The van der Waals surface area contributed by atoms with Gasteiger partial charge in [0.15, 0.2) is 0 Å². The zero-order valence-electron chi connectivity index (χ0n) is 5.60. The molecule has 0 saturated heterocycles. The van der Waals surface area contributed by atoms with Crippen molar-refractivity contribution >= 4 is 6.29 Å². The molecule has 60 valence electrons. The highest BCUT2D eigenvalue weighted by molar-refractivity contribution is 5.63. The number of carbonyl (C=O) groups is 1. The fourth-order valence-corrected chi connectivity index (χ4v) is 0.0577. The van der Waals surface area contributed by atoms with Crippen molar-refractivity contribution in [3.8, 4) is 0 Å². The number of aliphatic hydroxyl groups is 3. The topological polar surface area (TPSA) is 77.8 Å². The van der Waals surface area contributed by atoms with Gasteiger partial charge in [-0.05, 0) is 6.08 Å². The molecule has 0 aromatic carbocycles. The van der Waals surface area contributed by atoms with Gasteiger partial charge in [-0.25, -0.2) is 0 Å². The molecule has 0 amide bonds. The predicted octanol–water partition coefficient (Wildman–Crippen LogP) is -1.30. The molecule has 0 aromatic heterocycles. The van der Waals surface area contributed by atoms with E-state index in [1.807, 2.05) is 0 Å². The fraction of sp³-hybridized carbons (Fsp3) is 0.500. The molecule has 0 aromatic rings. The highest BCUT2D eigenvalue weighted by Gasteiger charge is 1.93. The minimum atomic E-state index is -0.954. The highest BCUT2D eigenvalue weighted by Crippen LogP contribution is 1.71. The minimum Gasteiger partial charge on any atom is -0.394 e. The number of hydrogen-bond acceptors (Lipinski definition) is 4. The summed E-state index contributed by atoms with van der Waals surface area (Å²) in [5.74, 6) is 0. The Kier molecular flexibility index (Phi) is 13.4. The van der Waals surface area contributed by atoms with Crippen LogP contribution in [0.1, 0.15) is 0 Å². The number of carbonyl (C=O) groups excluding carboxylic acids is 1. The Hall–Kier alpha value is -0.710. The third kappa shape index (κ3) is 15.7. The van der Waals surface area contributed by atoms with E-state index < -0.39 is 6.10 Å². The van der Waals surface area contributed by atoms with Crippen LogP contribution in [0, 0.1) is 0 Å². The van der Waals surface area contributed by atoms with Crippen LogP contribution < -0.4 is 0 Å². The lowest BCUT2D eigenvalue weighted by Crippen LogP contribution is -2.15. The molecule has 0 aliphatic heterocycles. The largest absolute Gasteiger partial charge is 0.394 e. The fourth-order valence-electron chi connectivity index (χ4n) is 0.0577. The van der Waals surface area contributed by atoms with Crippen LogP contribution in [0.2, 0.25) is 0 Å². The molecule has 0 rings (SSSR count). The second kappa shape index (κ2) is 11.1. The summed E-state index contributed by atoms with van der Waals surface area (Å²) in [6.07, 6.45) is 0.880. The van der Waals surface area contributed by atoms with E-state index in [4.69, 9.17) is 20.1 Å². The summed E-state index contributed by atoms with van der Waals surface area (Å²) >= 11 is 0. The average Bonchev–Trinajstić information content (AvgIpc) is 2.03. The summed E-state index contributed by atoms with van der Waals surface area (Å²) in [5.41, 5.74) is 0. The van der Waals surface area contributed by atoms with Crippen LogP contribution in [0.5, 0.6) is 0 Å². The minimum absolute atomic E-state index is 0.365. The van der Waals surface area contributed by atoms with E-state index in [9.17, 15) is 0 Å². The maximum absolute atomic E-state index is 9.06. The SMILES string of the molecule is C=CC=O.OCC(O)CO. The van der Waals surface area contributed by atoms with Gasteiger partial charge in [0.2, 0.25) is 0 Å². The van der Waals surface area contributed by atoms with Crippen LogP contribution in [-0.2, 0) is 4.79 Å². The van der Waals surface area contributed by atoms with Crippen LogP contribution >= 0.6 is 0 Å². The molecule has 0 aliphatic rings. The smallest absolute Gasteiger partial charge is 0.142 e. The van der Waals surface area contributed by atoms with Crippen molar-refractivity contribution in [2.45, 2.75) is 6.10 Å². The number of hydrogen-bond donors (Lipinski definition) is 3. The van der Waals surface area contributed by atoms with Crippen molar-refractivity contribution in [1.82, 2.24) is 0 Å². The van der Waals surface area contributed by atoms with E-state index in [-0.39, 0.29) is 13.2 Å². The first kappa shape index (κ1) is 12.0. The van der Waals surface area contributed by atoms with E-state index >= 15 is 0 Å². The molecule has 0 spiro atoms. The molecule has 0 heterocycles. The third-order valence-corrected chi connectivity index (χ3v) is 0.518. The Bertz CT molecular complexity index is 71.8. The third-order valence-electron chi connectivity index (χ3n) is 0.518. The summed E-state index contributed by atoms with van der Waals surface area (Å²) in [4.78, 5) is 9.06. The highest BCUT2D eigenvalue weighted by atomic mass is 16.3. The molecule has 3 N–H and O–H groups in total. The second-order valence-electron chi connectivity index (χ2n) is 1.39. The molecular formula is C6H12O4.